The standard InChI is InChI=1S/C23H24N2O4/c1-4-6-17-12-16(14-21(28-3)22(17)29-11-5-2)13-18(15-24)23(27)25-19-7-9-20(26)10-8-19/h4,7-10,12-14,26H,1,5-6,11H2,2-3H3,(H,25,27)/b18-13+. The van der Waals surface area contributed by atoms with Crippen molar-refractivity contribution in [2.45, 2.75) is 19.8 Å². The highest BCUT2D eigenvalue weighted by Gasteiger charge is 2.14. The number of nitrogens with one attached hydrogen (secondary N) is 1. The van der Waals surface area contributed by atoms with E-state index in [4.69, 9.17) is 9.47 Å². The molecule has 0 saturated carbocycles. The van der Waals surface area contributed by atoms with E-state index in [0.29, 0.717) is 35.8 Å². The second-order valence-electron chi connectivity index (χ2n) is 6.22. The zero-order valence-electron chi connectivity index (χ0n) is 16.6. The van der Waals surface area contributed by atoms with Crippen molar-refractivity contribution in [3.8, 4) is 23.3 Å². The van der Waals surface area contributed by atoms with Crippen molar-refractivity contribution in [1.82, 2.24) is 0 Å². The van der Waals surface area contributed by atoms with Crippen LogP contribution < -0.4 is 14.8 Å². The van der Waals surface area contributed by atoms with Gasteiger partial charge in [-0.05, 0) is 60.9 Å². The highest BCUT2D eigenvalue weighted by molar-refractivity contribution is 6.09. The molecule has 0 aromatic heterocycles. The number of methoxy groups -OCH3 is 1. The molecule has 0 fully saturated rings. The first kappa shape index (κ1) is 21.6. The molecule has 0 saturated heterocycles. The van der Waals surface area contributed by atoms with E-state index in [1.807, 2.05) is 19.1 Å². The Morgan fingerprint density at radius 3 is 2.62 bits per heavy atom. The van der Waals surface area contributed by atoms with Gasteiger partial charge in [-0.15, -0.1) is 6.58 Å². The molecule has 29 heavy (non-hydrogen) atoms. The largest absolute Gasteiger partial charge is 0.508 e. The predicted molar refractivity (Wildman–Crippen MR) is 113 cm³/mol. The molecule has 0 aliphatic rings. The Balaban J connectivity index is 2.37. The van der Waals surface area contributed by atoms with Crippen molar-refractivity contribution in [1.29, 1.82) is 5.26 Å². The van der Waals surface area contributed by atoms with Gasteiger partial charge < -0.3 is 19.9 Å². The lowest BCUT2D eigenvalue weighted by Crippen LogP contribution is -2.13. The number of aromatic hydroxyl groups is 1. The summed E-state index contributed by atoms with van der Waals surface area (Å²) in [7, 11) is 1.54. The molecule has 2 rings (SSSR count). The maximum absolute atomic E-state index is 12.5. The number of anilines is 1. The molecule has 0 radical (unpaired) electrons. The van der Waals surface area contributed by atoms with Crippen LogP contribution >= 0.6 is 0 Å². The number of hydrogen-bond donors (Lipinski definition) is 2. The van der Waals surface area contributed by atoms with E-state index in [9.17, 15) is 15.2 Å². The maximum atomic E-state index is 12.5. The van der Waals surface area contributed by atoms with Gasteiger partial charge in [-0.3, -0.25) is 4.79 Å². The average Bonchev–Trinajstić information content (AvgIpc) is 2.72. The molecule has 6 heteroatoms. The first-order valence-electron chi connectivity index (χ1n) is 9.19. The quantitative estimate of drug-likeness (QED) is 0.284. The van der Waals surface area contributed by atoms with Crippen LogP contribution in [-0.2, 0) is 11.2 Å². The lowest BCUT2D eigenvalue weighted by molar-refractivity contribution is -0.112. The summed E-state index contributed by atoms with van der Waals surface area (Å²) in [4.78, 5) is 12.5. The second-order valence-corrected chi connectivity index (χ2v) is 6.22. The van der Waals surface area contributed by atoms with Crippen LogP contribution in [0.1, 0.15) is 24.5 Å². The van der Waals surface area contributed by atoms with Gasteiger partial charge in [0.05, 0.1) is 13.7 Å². The van der Waals surface area contributed by atoms with Gasteiger partial charge >= 0.3 is 0 Å². The third-order valence-corrected chi connectivity index (χ3v) is 3.99. The lowest BCUT2D eigenvalue weighted by Gasteiger charge is -2.15. The normalized spacial score (nSPS) is 10.7. The van der Waals surface area contributed by atoms with E-state index in [1.54, 1.807) is 31.4 Å². The third-order valence-electron chi connectivity index (χ3n) is 3.99. The van der Waals surface area contributed by atoms with Crippen LogP contribution in [0.5, 0.6) is 17.2 Å². The number of rotatable bonds is 9. The molecule has 1 amide bonds. The van der Waals surface area contributed by atoms with Gasteiger partial charge in [-0.25, -0.2) is 0 Å². The number of carbonyl (C=O) groups is 1. The Bertz CT molecular complexity index is 941. The highest BCUT2D eigenvalue weighted by Crippen LogP contribution is 2.34. The Kier molecular flexibility index (Phi) is 7.87. The fourth-order valence-electron chi connectivity index (χ4n) is 2.65. The molecule has 0 heterocycles. The van der Waals surface area contributed by atoms with Crippen LogP contribution in [0.15, 0.2) is 54.6 Å². The number of carbonyl (C=O) groups excluding carboxylic acids is 1. The molecule has 0 bridgehead atoms. The summed E-state index contributed by atoms with van der Waals surface area (Å²) in [5.41, 5.74) is 1.91. The Morgan fingerprint density at radius 2 is 2.03 bits per heavy atom. The summed E-state index contributed by atoms with van der Waals surface area (Å²) in [5.74, 6) is 0.707. The van der Waals surface area contributed by atoms with E-state index in [1.165, 1.54) is 18.2 Å². The van der Waals surface area contributed by atoms with Crippen molar-refractivity contribution in [3.63, 3.8) is 0 Å². The molecule has 0 aliphatic heterocycles. The number of nitrogens with zero attached hydrogens (tertiary/aromatic N) is 1. The number of nitriles is 1. The average molecular weight is 392 g/mol. The monoisotopic (exact) mass is 392 g/mol. The van der Waals surface area contributed by atoms with Crippen LogP contribution in [0, 0.1) is 11.3 Å². The fraction of sp³-hybridized carbons (Fsp3) is 0.217. The van der Waals surface area contributed by atoms with Gasteiger partial charge in [0.15, 0.2) is 11.5 Å². The van der Waals surface area contributed by atoms with Crippen molar-refractivity contribution < 1.29 is 19.4 Å². The summed E-state index contributed by atoms with van der Waals surface area (Å²) in [5, 5.41) is 21.4. The molecular formula is C23H24N2O4. The van der Waals surface area contributed by atoms with E-state index < -0.39 is 5.91 Å². The van der Waals surface area contributed by atoms with E-state index >= 15 is 0 Å². The van der Waals surface area contributed by atoms with Crippen LogP contribution in [0.3, 0.4) is 0 Å². The molecule has 0 aliphatic carbocycles. The Morgan fingerprint density at radius 1 is 1.31 bits per heavy atom. The van der Waals surface area contributed by atoms with Gasteiger partial charge in [-0.2, -0.15) is 5.26 Å². The molecule has 0 atom stereocenters. The molecular weight excluding hydrogens is 368 g/mol. The van der Waals surface area contributed by atoms with Crippen molar-refractivity contribution in [3.05, 3.63) is 65.8 Å². The summed E-state index contributed by atoms with van der Waals surface area (Å²) in [6, 6.07) is 11.5. The van der Waals surface area contributed by atoms with Crippen molar-refractivity contribution in [2.75, 3.05) is 19.0 Å². The Hall–Kier alpha value is -3.72. The summed E-state index contributed by atoms with van der Waals surface area (Å²) < 4.78 is 11.3. The topological polar surface area (TPSA) is 91.6 Å². The number of hydrogen-bond acceptors (Lipinski definition) is 5. The predicted octanol–water partition coefficient (Wildman–Crippen LogP) is 4.46. The fourth-order valence-corrected chi connectivity index (χ4v) is 2.65. The van der Waals surface area contributed by atoms with Gasteiger partial charge in [-0.1, -0.05) is 13.0 Å². The van der Waals surface area contributed by atoms with Gasteiger partial charge in [0.2, 0.25) is 0 Å². The summed E-state index contributed by atoms with van der Waals surface area (Å²) >= 11 is 0. The van der Waals surface area contributed by atoms with Crippen LogP contribution in [0.2, 0.25) is 0 Å². The van der Waals surface area contributed by atoms with Gasteiger partial charge in [0.1, 0.15) is 17.4 Å². The molecule has 2 aromatic carbocycles. The number of ether oxygens (including phenoxy) is 2. The first-order valence-corrected chi connectivity index (χ1v) is 9.19. The minimum absolute atomic E-state index is 0.0630. The molecule has 0 spiro atoms. The number of amides is 1. The molecule has 150 valence electrons. The van der Waals surface area contributed by atoms with E-state index in [2.05, 4.69) is 11.9 Å². The van der Waals surface area contributed by atoms with Crippen LogP contribution in [-0.4, -0.2) is 24.7 Å². The minimum Gasteiger partial charge on any atom is -0.508 e. The number of allylic oxidation sites excluding steroid dienone is 1. The lowest BCUT2D eigenvalue weighted by atomic mass is 10.0. The van der Waals surface area contributed by atoms with Crippen molar-refractivity contribution in [2.24, 2.45) is 0 Å². The maximum Gasteiger partial charge on any atom is 0.266 e. The smallest absolute Gasteiger partial charge is 0.266 e. The van der Waals surface area contributed by atoms with Gasteiger partial charge in [0.25, 0.3) is 5.91 Å². The number of phenols is 1. The minimum atomic E-state index is -0.547. The number of phenolic OH excluding ortho intramolecular Hbond substituents is 1. The molecule has 0 unspecified atom stereocenters. The van der Waals surface area contributed by atoms with Crippen LogP contribution in [0.4, 0.5) is 5.69 Å². The third kappa shape index (κ3) is 5.88. The zero-order chi connectivity index (χ0) is 21.2. The van der Waals surface area contributed by atoms with Crippen molar-refractivity contribution >= 4 is 17.7 Å². The zero-order valence-corrected chi connectivity index (χ0v) is 16.6. The summed E-state index contributed by atoms with van der Waals surface area (Å²) in [6.45, 7) is 6.34. The SMILES string of the molecule is C=CCc1cc(/C=C(\C#N)C(=O)Nc2ccc(O)cc2)cc(OC)c1OCCC. The molecule has 2 aromatic rings. The molecule has 6 nitrogen and oxygen atoms in total. The van der Waals surface area contributed by atoms with E-state index in [0.717, 1.165) is 12.0 Å². The van der Waals surface area contributed by atoms with Gasteiger partial charge in [0, 0.05) is 11.3 Å². The molecule has 2 N–H and O–H groups in total. The summed E-state index contributed by atoms with van der Waals surface area (Å²) in [6.07, 6.45) is 4.66. The highest BCUT2D eigenvalue weighted by atomic mass is 16.5. The first-order chi connectivity index (χ1) is 14.0. The van der Waals surface area contributed by atoms with E-state index in [-0.39, 0.29) is 11.3 Å². The second kappa shape index (κ2) is 10.6. The Labute approximate surface area is 170 Å². The van der Waals surface area contributed by atoms with Crippen LogP contribution in [0.25, 0.3) is 6.08 Å². The number of benzene rings is 2.